The minimum Gasteiger partial charge on any atom is -0.369 e. The summed E-state index contributed by atoms with van der Waals surface area (Å²) in [5.74, 6) is 0.00694. The first-order valence-electron chi connectivity index (χ1n) is 9.71. The molecular formula is C22H23ClN4OS. The van der Waals surface area contributed by atoms with Gasteiger partial charge in [0.1, 0.15) is 0 Å². The van der Waals surface area contributed by atoms with Crippen molar-refractivity contribution in [1.82, 2.24) is 9.88 Å². The van der Waals surface area contributed by atoms with Crippen LogP contribution in [0, 0.1) is 0 Å². The summed E-state index contributed by atoms with van der Waals surface area (Å²) in [5.41, 5.74) is 3.10. The molecule has 2 heterocycles. The first kappa shape index (κ1) is 19.9. The zero-order valence-corrected chi connectivity index (χ0v) is 17.6. The third kappa shape index (κ3) is 5.35. The van der Waals surface area contributed by atoms with E-state index in [4.69, 9.17) is 11.6 Å². The molecule has 0 spiro atoms. The number of para-hydroxylation sites is 1. The maximum absolute atomic E-state index is 12.3. The number of aromatic nitrogens is 1. The normalized spacial score (nSPS) is 14.7. The number of thiazole rings is 1. The Hall–Kier alpha value is -2.41. The van der Waals surface area contributed by atoms with Crippen LogP contribution in [0.4, 0.5) is 10.8 Å². The first-order valence-corrected chi connectivity index (χ1v) is 11.0. The van der Waals surface area contributed by atoms with Gasteiger partial charge in [0.15, 0.2) is 5.13 Å². The van der Waals surface area contributed by atoms with Crippen molar-refractivity contribution in [2.45, 2.75) is 6.42 Å². The Morgan fingerprint density at radius 1 is 1.03 bits per heavy atom. The molecule has 0 unspecified atom stereocenters. The second kappa shape index (κ2) is 9.39. The summed E-state index contributed by atoms with van der Waals surface area (Å²) in [6.45, 7) is 4.69. The number of hydrogen-bond acceptors (Lipinski definition) is 5. The van der Waals surface area contributed by atoms with Crippen LogP contribution in [0.2, 0.25) is 5.02 Å². The number of nitrogens with one attached hydrogen (secondary N) is 1. The molecule has 1 aliphatic heterocycles. The minimum atomic E-state index is 0.00694. The Morgan fingerprint density at radius 2 is 1.76 bits per heavy atom. The Kier molecular flexibility index (Phi) is 6.44. The molecule has 29 heavy (non-hydrogen) atoms. The van der Waals surface area contributed by atoms with Crippen LogP contribution in [-0.2, 0) is 4.79 Å². The van der Waals surface area contributed by atoms with Crippen molar-refractivity contribution in [2.24, 2.45) is 0 Å². The van der Waals surface area contributed by atoms with Crippen LogP contribution in [0.1, 0.15) is 6.42 Å². The lowest BCUT2D eigenvalue weighted by Crippen LogP contribution is -2.47. The monoisotopic (exact) mass is 426 g/mol. The summed E-state index contributed by atoms with van der Waals surface area (Å²) >= 11 is 7.37. The maximum Gasteiger partial charge on any atom is 0.227 e. The lowest BCUT2D eigenvalue weighted by atomic mass is 10.2. The molecule has 2 aromatic carbocycles. The summed E-state index contributed by atoms with van der Waals surface area (Å²) < 4.78 is 0. The Balaban J connectivity index is 1.22. The zero-order chi connectivity index (χ0) is 20.1. The van der Waals surface area contributed by atoms with Gasteiger partial charge in [-0.3, -0.25) is 9.69 Å². The fourth-order valence-electron chi connectivity index (χ4n) is 3.39. The molecule has 1 aromatic heterocycles. The lowest BCUT2D eigenvalue weighted by Gasteiger charge is -2.36. The molecule has 5 nitrogen and oxygen atoms in total. The second-order valence-electron chi connectivity index (χ2n) is 7.01. The number of carbonyl (C=O) groups is 1. The standard InChI is InChI=1S/C22H23ClN4OS/c23-18-8-6-17(7-9-18)20-16-29-22(24-20)25-21(28)10-11-26-12-14-27(15-13-26)19-4-2-1-3-5-19/h1-9,16H,10-15H2,(H,24,25,28). The highest BCUT2D eigenvalue weighted by Crippen LogP contribution is 2.26. The number of anilines is 2. The number of hydrogen-bond donors (Lipinski definition) is 1. The predicted molar refractivity (Wildman–Crippen MR) is 121 cm³/mol. The molecule has 0 aliphatic carbocycles. The SMILES string of the molecule is O=C(CCN1CCN(c2ccccc2)CC1)Nc1nc(-c2ccc(Cl)cc2)cs1. The minimum absolute atomic E-state index is 0.00694. The van der Waals surface area contributed by atoms with Gasteiger partial charge in [-0.05, 0) is 24.3 Å². The van der Waals surface area contributed by atoms with Crippen molar-refractivity contribution >= 4 is 39.7 Å². The van der Waals surface area contributed by atoms with Crippen LogP contribution in [0.3, 0.4) is 0 Å². The second-order valence-corrected chi connectivity index (χ2v) is 8.30. The van der Waals surface area contributed by atoms with Crippen LogP contribution < -0.4 is 10.2 Å². The molecule has 0 bridgehead atoms. The summed E-state index contributed by atoms with van der Waals surface area (Å²) in [5, 5.41) is 6.20. The Labute approximate surface area is 179 Å². The number of amides is 1. The number of piperazine rings is 1. The summed E-state index contributed by atoms with van der Waals surface area (Å²) in [4.78, 5) is 21.6. The van der Waals surface area contributed by atoms with Crippen LogP contribution >= 0.6 is 22.9 Å². The summed E-state index contributed by atoms with van der Waals surface area (Å²) in [7, 11) is 0. The van der Waals surface area contributed by atoms with Crippen molar-refractivity contribution in [3.63, 3.8) is 0 Å². The van der Waals surface area contributed by atoms with Crippen molar-refractivity contribution in [1.29, 1.82) is 0 Å². The van der Waals surface area contributed by atoms with Crippen LogP contribution in [-0.4, -0.2) is 48.5 Å². The van der Waals surface area contributed by atoms with E-state index in [-0.39, 0.29) is 5.91 Å². The van der Waals surface area contributed by atoms with Gasteiger partial charge in [-0.1, -0.05) is 41.9 Å². The molecule has 0 atom stereocenters. The summed E-state index contributed by atoms with van der Waals surface area (Å²) in [6, 6.07) is 18.0. The molecule has 1 N–H and O–H groups in total. The van der Waals surface area contributed by atoms with Gasteiger partial charge in [-0.25, -0.2) is 4.98 Å². The van der Waals surface area contributed by atoms with E-state index < -0.39 is 0 Å². The van der Waals surface area contributed by atoms with E-state index in [0.29, 0.717) is 16.6 Å². The van der Waals surface area contributed by atoms with Crippen LogP contribution in [0.15, 0.2) is 60.0 Å². The Morgan fingerprint density at radius 3 is 2.48 bits per heavy atom. The van der Waals surface area contributed by atoms with Crippen LogP contribution in [0.25, 0.3) is 11.3 Å². The highest BCUT2D eigenvalue weighted by molar-refractivity contribution is 7.14. The van der Waals surface area contributed by atoms with Gasteiger partial charge in [-0.2, -0.15) is 0 Å². The van der Waals surface area contributed by atoms with Gasteiger partial charge in [0, 0.05) is 60.8 Å². The number of halogens is 1. The van der Waals surface area contributed by atoms with E-state index in [1.165, 1.54) is 17.0 Å². The highest BCUT2D eigenvalue weighted by atomic mass is 35.5. The topological polar surface area (TPSA) is 48.5 Å². The van der Waals surface area contributed by atoms with Gasteiger partial charge in [0.2, 0.25) is 5.91 Å². The zero-order valence-electron chi connectivity index (χ0n) is 16.1. The molecule has 7 heteroatoms. The quantitative estimate of drug-likeness (QED) is 0.625. The average molecular weight is 427 g/mol. The van der Waals surface area contributed by atoms with Crippen molar-refractivity contribution < 1.29 is 4.79 Å². The van der Waals surface area contributed by atoms with Gasteiger partial charge in [0.25, 0.3) is 0 Å². The van der Waals surface area contributed by atoms with Gasteiger partial charge in [0.05, 0.1) is 5.69 Å². The molecule has 1 amide bonds. The van der Waals surface area contributed by atoms with Crippen molar-refractivity contribution in [3.05, 3.63) is 65.0 Å². The largest absolute Gasteiger partial charge is 0.369 e. The van der Waals surface area contributed by atoms with Crippen molar-refractivity contribution in [3.8, 4) is 11.3 Å². The smallest absolute Gasteiger partial charge is 0.227 e. The van der Waals surface area contributed by atoms with E-state index in [9.17, 15) is 4.79 Å². The Bertz CT molecular complexity index is 937. The number of benzene rings is 2. The molecule has 4 rings (SSSR count). The molecule has 0 radical (unpaired) electrons. The summed E-state index contributed by atoms with van der Waals surface area (Å²) in [6.07, 6.45) is 0.473. The van der Waals surface area contributed by atoms with E-state index >= 15 is 0 Å². The molecule has 0 saturated carbocycles. The number of rotatable bonds is 6. The lowest BCUT2D eigenvalue weighted by molar-refractivity contribution is -0.116. The predicted octanol–water partition coefficient (Wildman–Crippen LogP) is 4.61. The molecule has 1 saturated heterocycles. The molecule has 3 aromatic rings. The first-order chi connectivity index (χ1) is 14.2. The maximum atomic E-state index is 12.3. The third-order valence-electron chi connectivity index (χ3n) is 5.04. The van der Waals surface area contributed by atoms with E-state index in [2.05, 4.69) is 44.4 Å². The fourth-order valence-corrected chi connectivity index (χ4v) is 4.26. The third-order valence-corrected chi connectivity index (χ3v) is 6.05. The van der Waals surface area contributed by atoms with Crippen molar-refractivity contribution in [2.75, 3.05) is 42.9 Å². The molecular weight excluding hydrogens is 404 g/mol. The van der Waals surface area contributed by atoms with Crippen LogP contribution in [0.5, 0.6) is 0 Å². The van der Waals surface area contributed by atoms with E-state index in [1.54, 1.807) is 0 Å². The molecule has 150 valence electrons. The van der Waals surface area contributed by atoms with E-state index in [1.807, 2.05) is 35.7 Å². The van der Waals surface area contributed by atoms with Gasteiger partial charge >= 0.3 is 0 Å². The van der Waals surface area contributed by atoms with E-state index in [0.717, 1.165) is 44.0 Å². The molecule has 1 fully saturated rings. The number of nitrogens with zero attached hydrogens (tertiary/aromatic N) is 3. The molecule has 1 aliphatic rings. The fraction of sp³-hybridized carbons (Fsp3) is 0.273. The van der Waals surface area contributed by atoms with Gasteiger partial charge in [-0.15, -0.1) is 11.3 Å². The average Bonchev–Trinajstić information content (AvgIpc) is 3.22. The number of carbonyl (C=O) groups excluding carboxylic acids is 1. The highest BCUT2D eigenvalue weighted by Gasteiger charge is 2.18. The van der Waals surface area contributed by atoms with Gasteiger partial charge < -0.3 is 10.2 Å².